The number of hydrogen-bond donors (Lipinski definition) is 1. The van der Waals surface area contributed by atoms with Gasteiger partial charge in [0.15, 0.2) is 5.13 Å². The Morgan fingerprint density at radius 3 is 2.45 bits per heavy atom. The lowest BCUT2D eigenvalue weighted by molar-refractivity contribution is 0.0601. The van der Waals surface area contributed by atoms with Crippen molar-refractivity contribution in [2.45, 2.75) is 87.9 Å². The van der Waals surface area contributed by atoms with Gasteiger partial charge in [-0.1, -0.05) is 45.8 Å². The fraction of sp³-hybridized carbons (Fsp3) is 0.469. The summed E-state index contributed by atoms with van der Waals surface area (Å²) >= 11 is 14.9. The first kappa shape index (κ1) is 26.9. The van der Waals surface area contributed by atoms with E-state index >= 15 is 0 Å². The average Bonchev–Trinajstić information content (AvgIpc) is 3.91. The first-order valence-electron chi connectivity index (χ1n) is 15.0. The van der Waals surface area contributed by atoms with E-state index in [4.69, 9.17) is 37.4 Å². The molecule has 2 saturated heterocycles. The molecule has 1 N–H and O–H groups in total. The fourth-order valence-corrected chi connectivity index (χ4v) is 8.84. The Labute approximate surface area is 258 Å². The quantitative estimate of drug-likeness (QED) is 0.199. The van der Waals surface area contributed by atoms with E-state index in [9.17, 15) is 4.79 Å². The summed E-state index contributed by atoms with van der Waals surface area (Å²) in [6, 6.07) is 10.8. The number of nitrogens with zero attached hydrogens (tertiary/aromatic N) is 3. The molecule has 2 atom stereocenters. The minimum atomic E-state index is -0.279. The van der Waals surface area contributed by atoms with Crippen LogP contribution in [-0.2, 0) is 11.3 Å². The number of anilines is 1. The second kappa shape index (κ2) is 10.5. The number of esters is 1. The number of hydrogen-bond acceptors (Lipinski definition) is 8. The number of aromatic nitrogens is 2. The van der Waals surface area contributed by atoms with Crippen molar-refractivity contribution >= 4 is 55.9 Å². The Morgan fingerprint density at radius 1 is 1.07 bits per heavy atom. The Balaban J connectivity index is 1.03. The van der Waals surface area contributed by atoms with Crippen molar-refractivity contribution < 1.29 is 14.1 Å². The summed E-state index contributed by atoms with van der Waals surface area (Å²) in [5.74, 6) is 1.63. The molecule has 0 spiro atoms. The van der Waals surface area contributed by atoms with Gasteiger partial charge in [0.05, 0.1) is 32.9 Å². The number of carbonyl (C=O) groups is 1. The van der Waals surface area contributed by atoms with Gasteiger partial charge in [0.2, 0.25) is 0 Å². The Bertz CT molecular complexity index is 1660. The van der Waals surface area contributed by atoms with Gasteiger partial charge in [-0.3, -0.25) is 0 Å². The summed E-state index contributed by atoms with van der Waals surface area (Å²) in [7, 11) is 1.44. The third kappa shape index (κ3) is 4.71. The molecule has 2 aliphatic carbocycles. The monoisotopic (exact) mass is 622 g/mol. The summed E-state index contributed by atoms with van der Waals surface area (Å²) in [5, 5.41) is 10.6. The molecular weight excluding hydrogens is 591 g/mol. The molecule has 4 heterocycles. The van der Waals surface area contributed by atoms with E-state index in [0.29, 0.717) is 52.1 Å². The first-order chi connectivity index (χ1) is 20.5. The van der Waals surface area contributed by atoms with Crippen molar-refractivity contribution in [3.05, 3.63) is 62.8 Å². The van der Waals surface area contributed by atoms with Crippen molar-refractivity contribution in [1.82, 2.24) is 15.5 Å². The number of methoxy groups -OCH3 is 1. The lowest BCUT2D eigenvalue weighted by atomic mass is 9.97. The maximum Gasteiger partial charge on any atom is 0.337 e. The van der Waals surface area contributed by atoms with Crippen LogP contribution in [0.5, 0.6) is 0 Å². The molecule has 2 aromatic carbocycles. The highest BCUT2D eigenvalue weighted by Gasteiger charge is 2.43. The lowest BCUT2D eigenvalue weighted by Gasteiger charge is -2.39. The number of nitrogens with one attached hydrogen (secondary N) is 1. The predicted molar refractivity (Wildman–Crippen MR) is 166 cm³/mol. The maximum atomic E-state index is 12.4. The minimum Gasteiger partial charge on any atom is -0.465 e. The molecule has 218 valence electrons. The van der Waals surface area contributed by atoms with Crippen LogP contribution in [0.15, 0.2) is 34.9 Å². The molecule has 2 aliphatic heterocycles. The highest BCUT2D eigenvalue weighted by Crippen LogP contribution is 2.48. The molecule has 4 aromatic rings. The van der Waals surface area contributed by atoms with Crippen LogP contribution in [-0.4, -0.2) is 41.3 Å². The zero-order valence-electron chi connectivity index (χ0n) is 23.4. The molecule has 2 bridgehead atoms. The largest absolute Gasteiger partial charge is 0.465 e. The van der Waals surface area contributed by atoms with Gasteiger partial charge in [-0.2, -0.15) is 0 Å². The molecule has 2 saturated carbocycles. The average molecular weight is 624 g/mol. The Hall–Kier alpha value is -2.65. The normalized spacial score (nSPS) is 23.6. The van der Waals surface area contributed by atoms with Gasteiger partial charge in [0.25, 0.3) is 0 Å². The van der Waals surface area contributed by atoms with Gasteiger partial charge >= 0.3 is 5.97 Å². The number of benzene rings is 2. The molecule has 42 heavy (non-hydrogen) atoms. The second-order valence-corrected chi connectivity index (χ2v) is 14.1. The maximum absolute atomic E-state index is 12.4. The van der Waals surface area contributed by atoms with E-state index in [-0.39, 0.29) is 5.97 Å². The van der Waals surface area contributed by atoms with Crippen LogP contribution >= 0.6 is 34.5 Å². The molecule has 7 nitrogen and oxygen atoms in total. The summed E-state index contributed by atoms with van der Waals surface area (Å²) in [6.07, 6.45) is 9.04. The van der Waals surface area contributed by atoms with E-state index in [2.05, 4.69) is 15.4 Å². The number of rotatable bonds is 8. The fourth-order valence-electron chi connectivity index (χ4n) is 7.08. The van der Waals surface area contributed by atoms with E-state index in [1.54, 1.807) is 11.3 Å². The van der Waals surface area contributed by atoms with Gasteiger partial charge in [0, 0.05) is 41.7 Å². The van der Waals surface area contributed by atoms with Crippen LogP contribution in [0.1, 0.15) is 90.4 Å². The molecule has 0 radical (unpaired) electrons. The number of fused-ring (bicyclic) bond motifs is 3. The number of piperidine rings is 1. The molecule has 8 rings (SSSR count). The highest BCUT2D eigenvalue weighted by atomic mass is 35.5. The number of thiazole rings is 1. The van der Waals surface area contributed by atoms with Gasteiger partial charge in [0.1, 0.15) is 11.5 Å². The van der Waals surface area contributed by atoms with Crippen molar-refractivity contribution in [1.29, 1.82) is 0 Å². The van der Waals surface area contributed by atoms with E-state index < -0.39 is 0 Å². The van der Waals surface area contributed by atoms with Crippen molar-refractivity contribution in [3.8, 4) is 11.3 Å². The predicted octanol–water partition coefficient (Wildman–Crippen LogP) is 8.09. The third-order valence-corrected chi connectivity index (χ3v) is 11.1. The molecule has 2 unspecified atom stereocenters. The van der Waals surface area contributed by atoms with Gasteiger partial charge in [-0.25, -0.2) is 9.78 Å². The van der Waals surface area contributed by atoms with E-state index in [1.807, 2.05) is 30.3 Å². The summed E-state index contributed by atoms with van der Waals surface area (Å²) in [6.45, 7) is 0.679. The van der Waals surface area contributed by atoms with Crippen LogP contribution in [0.2, 0.25) is 10.0 Å². The summed E-state index contributed by atoms with van der Waals surface area (Å²) in [5.41, 5.74) is 5.49. The van der Waals surface area contributed by atoms with Crippen LogP contribution in [0.4, 0.5) is 5.13 Å². The number of ether oxygens (including phenoxy) is 1. The Morgan fingerprint density at radius 2 is 1.79 bits per heavy atom. The highest BCUT2D eigenvalue weighted by molar-refractivity contribution is 7.22. The van der Waals surface area contributed by atoms with E-state index in [0.717, 1.165) is 76.5 Å². The number of carbonyl (C=O) groups excluding carboxylic acids is 1. The van der Waals surface area contributed by atoms with Crippen LogP contribution in [0.3, 0.4) is 0 Å². The van der Waals surface area contributed by atoms with Crippen molar-refractivity contribution in [3.63, 3.8) is 0 Å². The van der Waals surface area contributed by atoms with Gasteiger partial charge in [-0.15, -0.1) is 0 Å². The smallest absolute Gasteiger partial charge is 0.337 e. The topological polar surface area (TPSA) is 80.5 Å². The van der Waals surface area contributed by atoms with Crippen LogP contribution in [0.25, 0.3) is 21.5 Å². The molecule has 10 heteroatoms. The van der Waals surface area contributed by atoms with E-state index in [1.165, 1.54) is 25.5 Å². The second-order valence-electron chi connectivity index (χ2n) is 12.3. The molecular formula is C32H32Cl2N4O3S. The Kier molecular flexibility index (Phi) is 6.74. The summed E-state index contributed by atoms with van der Waals surface area (Å²) in [4.78, 5) is 20.1. The standard InChI is InChI=1S/C32H32Cl2N4O3S/c1-40-31(39)18-11-22(16-5-6-16)28-26(12-18)42-32(36-28)38-20-9-10-21(38)14-19(13-20)35-15-23-29(37-41-30(23)17-7-8-17)27-24(33)3-2-4-25(27)34/h2-4,11-12,16-17,19-21,35H,5-10,13-15H2,1H3. The first-order valence-corrected chi connectivity index (χ1v) is 16.5. The van der Waals surface area contributed by atoms with Crippen molar-refractivity contribution in [2.24, 2.45) is 0 Å². The summed E-state index contributed by atoms with van der Waals surface area (Å²) < 4.78 is 12.0. The zero-order chi connectivity index (χ0) is 28.5. The zero-order valence-corrected chi connectivity index (χ0v) is 25.7. The SMILES string of the molecule is COC(=O)c1cc(C2CC2)c2nc(N3C4CCC3CC(NCc3c(-c5c(Cl)cccc5Cl)noc3C3CC3)C4)sc2c1. The third-order valence-electron chi connectivity index (χ3n) is 9.44. The number of halogens is 2. The minimum absolute atomic E-state index is 0.279. The van der Waals surface area contributed by atoms with Crippen LogP contribution in [0, 0.1) is 0 Å². The molecule has 4 fully saturated rings. The molecule has 4 aliphatic rings. The lowest BCUT2D eigenvalue weighted by Crippen LogP contribution is -2.49. The van der Waals surface area contributed by atoms with Crippen LogP contribution < -0.4 is 10.2 Å². The van der Waals surface area contributed by atoms with Gasteiger partial charge in [-0.05, 0) is 87.1 Å². The van der Waals surface area contributed by atoms with Gasteiger partial charge < -0.3 is 19.5 Å². The van der Waals surface area contributed by atoms with Crippen molar-refractivity contribution in [2.75, 3.05) is 12.0 Å². The molecule has 2 aromatic heterocycles. The molecule has 0 amide bonds.